The van der Waals surface area contributed by atoms with Gasteiger partial charge in [-0.3, -0.25) is 4.79 Å². The first-order valence-electron chi connectivity index (χ1n) is 12.7. The zero-order chi connectivity index (χ0) is 27.8. The number of phenolic OH excluding ortho intramolecular Hbond substituents is 1. The van der Waals surface area contributed by atoms with Gasteiger partial charge in [-0.05, 0) is 30.7 Å². The van der Waals surface area contributed by atoms with Gasteiger partial charge in [-0.1, -0.05) is 30.8 Å². The minimum Gasteiger partial charge on any atom is -0.507 e. The third-order valence-electron chi connectivity index (χ3n) is 7.29. The van der Waals surface area contributed by atoms with E-state index in [2.05, 4.69) is 28.4 Å². The molecule has 2 N–H and O–H groups in total. The molecular weight excluding hydrogens is 526 g/mol. The molecule has 0 saturated carbocycles. The molecule has 0 bridgehead atoms. The molecule has 39 heavy (non-hydrogen) atoms. The first-order chi connectivity index (χ1) is 18.7. The highest BCUT2D eigenvalue weighted by Gasteiger charge is 2.28. The van der Waals surface area contributed by atoms with Gasteiger partial charge in [0.2, 0.25) is 11.9 Å². The van der Waals surface area contributed by atoms with E-state index in [0.29, 0.717) is 43.9 Å². The number of fused-ring (bicyclic) bond motifs is 1. The maximum atomic E-state index is 16.2. The number of aromatic hydroxyl groups is 1. The molecule has 0 aliphatic carbocycles. The summed E-state index contributed by atoms with van der Waals surface area (Å²) in [5.41, 5.74) is 0.161. The van der Waals surface area contributed by atoms with Gasteiger partial charge in [-0.2, -0.15) is 4.98 Å². The normalized spacial score (nSPS) is 17.5. The maximum absolute atomic E-state index is 16.2. The van der Waals surface area contributed by atoms with Gasteiger partial charge in [-0.15, -0.1) is 0 Å². The molecule has 1 unspecified atom stereocenters. The zero-order valence-electron chi connectivity index (χ0n) is 21.6. The number of hydrogen-bond acceptors (Lipinski definition) is 7. The second kappa shape index (κ2) is 10.7. The molecule has 2 aliphatic rings. The lowest BCUT2D eigenvalue weighted by Gasteiger charge is -2.35. The summed E-state index contributed by atoms with van der Waals surface area (Å²) in [5.74, 6) is -1.44. The number of benzene rings is 2. The molecule has 1 amide bonds. The van der Waals surface area contributed by atoms with Crippen LogP contribution in [-0.2, 0) is 4.79 Å². The fourth-order valence-corrected chi connectivity index (χ4v) is 5.45. The lowest BCUT2D eigenvalue weighted by Crippen LogP contribution is -2.48. The predicted molar refractivity (Wildman–Crippen MR) is 149 cm³/mol. The van der Waals surface area contributed by atoms with Crippen LogP contribution in [-0.4, -0.2) is 76.1 Å². The molecule has 2 aliphatic heterocycles. The van der Waals surface area contributed by atoms with E-state index in [0.717, 1.165) is 24.7 Å². The van der Waals surface area contributed by atoms with Crippen LogP contribution >= 0.6 is 11.6 Å². The molecule has 0 radical (unpaired) electrons. The van der Waals surface area contributed by atoms with E-state index < -0.39 is 17.4 Å². The van der Waals surface area contributed by atoms with Crippen LogP contribution in [0.15, 0.2) is 49.2 Å². The van der Waals surface area contributed by atoms with Crippen molar-refractivity contribution in [3.05, 3.63) is 65.9 Å². The number of phenols is 1. The van der Waals surface area contributed by atoms with Crippen LogP contribution in [0.3, 0.4) is 0 Å². The zero-order valence-corrected chi connectivity index (χ0v) is 22.3. The van der Waals surface area contributed by atoms with Gasteiger partial charge in [0.05, 0.1) is 10.6 Å². The van der Waals surface area contributed by atoms with Gasteiger partial charge >= 0.3 is 0 Å². The quantitative estimate of drug-likeness (QED) is 0.424. The van der Waals surface area contributed by atoms with Gasteiger partial charge in [-0.25, -0.2) is 13.8 Å². The molecule has 0 spiro atoms. The molecule has 2 fully saturated rings. The van der Waals surface area contributed by atoms with Crippen molar-refractivity contribution in [2.45, 2.75) is 19.4 Å². The van der Waals surface area contributed by atoms with Crippen LogP contribution in [0.5, 0.6) is 5.75 Å². The number of hydrogen-bond donors (Lipinski definition) is 2. The third-order valence-corrected chi connectivity index (χ3v) is 7.59. The number of allylic oxidation sites excluding steroid dienone is 1. The van der Waals surface area contributed by atoms with E-state index in [1.807, 2.05) is 4.90 Å². The Bertz CT molecular complexity index is 1450. The summed E-state index contributed by atoms with van der Waals surface area (Å²) in [6, 6.07) is 5.21. The number of nitrogens with zero attached hydrogens (tertiary/aromatic N) is 5. The Morgan fingerprint density at radius 1 is 1.15 bits per heavy atom. The van der Waals surface area contributed by atoms with Crippen molar-refractivity contribution >= 4 is 40.2 Å². The summed E-state index contributed by atoms with van der Waals surface area (Å²) < 4.78 is 31.0. The fraction of sp³-hybridized carbons (Fsp3) is 0.321. The third kappa shape index (κ3) is 5.08. The number of carbonyl (C=O) groups excluding carboxylic acids is 1. The molecule has 5 rings (SSSR count). The Hall–Kier alpha value is -3.92. The highest BCUT2D eigenvalue weighted by atomic mass is 35.5. The summed E-state index contributed by atoms with van der Waals surface area (Å²) in [6.45, 7) is 12.7. The molecule has 3 aromatic rings. The summed E-state index contributed by atoms with van der Waals surface area (Å²) in [5, 5.41) is 14.0. The number of halogens is 3. The number of piperazine rings is 1. The number of anilines is 2. The molecular formula is C28H29ClF2N6O2. The maximum Gasteiger partial charge on any atom is 0.225 e. The van der Waals surface area contributed by atoms with Crippen LogP contribution in [0.2, 0.25) is 5.02 Å². The minimum absolute atomic E-state index is 0.0140. The van der Waals surface area contributed by atoms with Crippen molar-refractivity contribution in [1.29, 1.82) is 0 Å². The lowest BCUT2D eigenvalue weighted by atomic mass is 10.0. The van der Waals surface area contributed by atoms with Crippen molar-refractivity contribution in [2.75, 3.05) is 49.5 Å². The molecule has 204 valence electrons. The second-order valence-electron chi connectivity index (χ2n) is 9.71. The van der Waals surface area contributed by atoms with E-state index in [4.69, 9.17) is 16.6 Å². The predicted octanol–water partition coefficient (Wildman–Crippen LogP) is 4.79. The fourth-order valence-electron chi connectivity index (χ4n) is 5.16. The topological polar surface area (TPSA) is 84.8 Å². The molecule has 2 aromatic carbocycles. The molecule has 11 heteroatoms. The first-order valence-corrected chi connectivity index (χ1v) is 13.1. The number of aromatic nitrogens is 2. The van der Waals surface area contributed by atoms with Crippen LogP contribution in [0.25, 0.3) is 22.0 Å². The number of amides is 1. The van der Waals surface area contributed by atoms with Crippen LogP contribution in [0, 0.1) is 11.6 Å². The number of carbonyl (C=O) groups is 1. The Balaban J connectivity index is 1.61. The van der Waals surface area contributed by atoms with Gasteiger partial charge in [0.1, 0.15) is 22.9 Å². The molecule has 2 saturated heterocycles. The largest absolute Gasteiger partial charge is 0.507 e. The Labute approximate surface area is 230 Å². The van der Waals surface area contributed by atoms with E-state index >= 15 is 4.39 Å². The van der Waals surface area contributed by atoms with Crippen molar-refractivity contribution in [3.8, 4) is 16.9 Å². The Morgan fingerprint density at radius 2 is 1.90 bits per heavy atom. The van der Waals surface area contributed by atoms with Gasteiger partial charge < -0.3 is 25.1 Å². The average molecular weight is 555 g/mol. The monoisotopic (exact) mass is 554 g/mol. The highest BCUT2D eigenvalue weighted by Crippen LogP contribution is 2.42. The van der Waals surface area contributed by atoms with Gasteiger partial charge in [0.15, 0.2) is 5.82 Å². The number of rotatable bonds is 6. The second-order valence-corrected chi connectivity index (χ2v) is 10.1. The summed E-state index contributed by atoms with van der Waals surface area (Å²) in [7, 11) is 0. The summed E-state index contributed by atoms with van der Waals surface area (Å²) in [6.07, 6.45) is 2.49. The minimum atomic E-state index is -0.861. The van der Waals surface area contributed by atoms with E-state index in [9.17, 15) is 14.3 Å². The number of likely N-dealkylation sites (tertiary alicyclic amines) is 1. The van der Waals surface area contributed by atoms with Gasteiger partial charge in [0.25, 0.3) is 0 Å². The smallest absolute Gasteiger partial charge is 0.225 e. The van der Waals surface area contributed by atoms with Crippen molar-refractivity contribution in [1.82, 2.24) is 19.8 Å². The molecule has 8 nitrogen and oxygen atoms in total. The Morgan fingerprint density at radius 3 is 2.56 bits per heavy atom. The first kappa shape index (κ1) is 26.7. The summed E-state index contributed by atoms with van der Waals surface area (Å²) >= 11 is 6.52. The van der Waals surface area contributed by atoms with E-state index in [1.54, 1.807) is 11.0 Å². The standard InChI is InChI=1S/C28H29ClF2N6O2/c1-4-16(2)37-9-8-18(15-37)32-28-33-26-19(27(34-28)36-12-10-35(11-13-36)17(3)38)14-20(29)23(25(26)31)24-21(30)6-5-7-22(24)39/h4-7,14,18,39H,1-2,8-13,15H2,3H3,(H,32,33,34). The Kier molecular flexibility index (Phi) is 7.31. The summed E-state index contributed by atoms with van der Waals surface area (Å²) in [4.78, 5) is 26.9. The van der Waals surface area contributed by atoms with Crippen molar-refractivity contribution in [3.63, 3.8) is 0 Å². The highest BCUT2D eigenvalue weighted by molar-refractivity contribution is 6.34. The van der Waals surface area contributed by atoms with E-state index in [-0.39, 0.29) is 39.6 Å². The van der Waals surface area contributed by atoms with Crippen LogP contribution in [0.4, 0.5) is 20.5 Å². The van der Waals surface area contributed by atoms with Crippen LogP contribution < -0.4 is 10.2 Å². The van der Waals surface area contributed by atoms with Crippen molar-refractivity contribution in [2.24, 2.45) is 0 Å². The van der Waals surface area contributed by atoms with Crippen LogP contribution in [0.1, 0.15) is 13.3 Å². The van der Waals surface area contributed by atoms with Crippen molar-refractivity contribution < 1.29 is 18.7 Å². The molecule has 1 aromatic heterocycles. The SMILES string of the molecule is C=CC(=C)N1CCC(Nc2nc(N3CCN(C(C)=O)CC3)c3cc(Cl)c(-c4c(O)cccc4F)c(F)c3n2)C1. The average Bonchev–Trinajstić information content (AvgIpc) is 3.38. The van der Waals surface area contributed by atoms with Gasteiger partial charge in [0, 0.05) is 68.9 Å². The van der Waals surface area contributed by atoms with E-state index in [1.165, 1.54) is 25.1 Å². The molecule has 1 atom stereocenters. The lowest BCUT2D eigenvalue weighted by molar-refractivity contribution is -0.129. The molecule has 3 heterocycles. The number of nitrogens with one attached hydrogen (secondary N) is 1.